The molecule has 0 bridgehead atoms. The van der Waals surface area contributed by atoms with Crippen molar-refractivity contribution in [3.63, 3.8) is 0 Å². The van der Waals surface area contributed by atoms with Crippen molar-refractivity contribution in [2.24, 2.45) is 0 Å². The third kappa shape index (κ3) is 4.07. The topological polar surface area (TPSA) is 99.8 Å². The van der Waals surface area contributed by atoms with E-state index in [1.807, 2.05) is 4.98 Å². The number of halogens is 4. The molecule has 2 heterocycles. The van der Waals surface area contributed by atoms with E-state index in [9.17, 15) is 27.2 Å². The molecule has 11 heteroatoms. The predicted molar refractivity (Wildman–Crippen MR) is 84.4 cm³/mol. The van der Waals surface area contributed by atoms with Crippen molar-refractivity contribution in [3.8, 4) is 0 Å². The Morgan fingerprint density at radius 3 is 2.26 bits per heavy atom. The van der Waals surface area contributed by atoms with Crippen LogP contribution in [0.3, 0.4) is 0 Å². The van der Waals surface area contributed by atoms with Crippen LogP contribution >= 0.6 is 0 Å². The van der Waals surface area contributed by atoms with E-state index >= 15 is 0 Å². The zero-order valence-electron chi connectivity index (χ0n) is 14.2. The minimum absolute atomic E-state index is 0.0471. The van der Waals surface area contributed by atoms with Crippen LogP contribution in [-0.4, -0.2) is 38.8 Å². The molecule has 1 fully saturated rings. The molecule has 0 unspecified atom stereocenters. The minimum Gasteiger partial charge on any atom is -0.346 e. The molecule has 2 aromatic rings. The number of aromatic amines is 1. The van der Waals surface area contributed by atoms with Gasteiger partial charge in [0.2, 0.25) is 0 Å². The number of H-pyrrole nitrogens is 1. The summed E-state index contributed by atoms with van der Waals surface area (Å²) in [7, 11) is 0. The monoisotopic (exact) mass is 385 g/mol. The maximum atomic E-state index is 13.7. The number of alkyl halides is 3. The molecular formula is C16H15F4N5O2. The first-order valence-electron chi connectivity index (χ1n) is 7.95. The lowest BCUT2D eigenvalue weighted by atomic mass is 10.3. The van der Waals surface area contributed by atoms with Crippen LogP contribution in [0.2, 0.25) is 0 Å². The molecule has 7 nitrogen and oxygen atoms in total. The number of pyridine rings is 1. The standard InChI is InChI=1S/C16H15F4N5O2/c1-6-3-4-8(17)11(21-6)14(26)24-9-5-10(9)25-15(27)12-13(16(18,19)20)23-7(2)22-12/h3-4,9-10H,5H2,1-2H3,(H,22,23)(H,24,26)(H,25,27)/t9-,10-/m0/s1. The quantitative estimate of drug-likeness (QED) is 0.700. The van der Waals surface area contributed by atoms with E-state index in [2.05, 4.69) is 20.6 Å². The number of nitrogens with zero attached hydrogens (tertiary/aromatic N) is 2. The van der Waals surface area contributed by atoms with Crippen LogP contribution in [0.15, 0.2) is 12.1 Å². The Hall–Kier alpha value is -2.98. The van der Waals surface area contributed by atoms with Crippen LogP contribution < -0.4 is 10.6 Å². The average molecular weight is 385 g/mol. The molecule has 0 aliphatic heterocycles. The molecule has 0 spiro atoms. The number of hydrogen-bond acceptors (Lipinski definition) is 4. The smallest absolute Gasteiger partial charge is 0.346 e. The van der Waals surface area contributed by atoms with E-state index in [1.165, 1.54) is 13.0 Å². The SMILES string of the molecule is Cc1ccc(F)c(C(=O)N[C@H]2C[C@@H]2NC(=O)c2nc(C)[nH]c2C(F)(F)F)n1. The Morgan fingerprint density at radius 1 is 1.07 bits per heavy atom. The normalized spacial score (nSPS) is 18.9. The highest BCUT2D eigenvalue weighted by Crippen LogP contribution is 2.31. The Labute approximate surface area is 150 Å². The fourth-order valence-electron chi connectivity index (χ4n) is 2.55. The zero-order valence-corrected chi connectivity index (χ0v) is 14.2. The first kappa shape index (κ1) is 18.8. The van der Waals surface area contributed by atoms with Gasteiger partial charge in [-0.2, -0.15) is 13.2 Å². The van der Waals surface area contributed by atoms with E-state index < -0.39 is 47.3 Å². The van der Waals surface area contributed by atoms with Crippen molar-refractivity contribution in [1.29, 1.82) is 0 Å². The van der Waals surface area contributed by atoms with Gasteiger partial charge in [-0.15, -0.1) is 0 Å². The first-order valence-corrected chi connectivity index (χ1v) is 7.95. The summed E-state index contributed by atoms with van der Waals surface area (Å²) in [6, 6.07) is 1.42. The number of rotatable bonds is 4. The molecule has 1 aliphatic carbocycles. The minimum atomic E-state index is -4.75. The molecule has 2 aromatic heterocycles. The van der Waals surface area contributed by atoms with Crippen molar-refractivity contribution in [3.05, 3.63) is 46.6 Å². The molecule has 3 N–H and O–H groups in total. The van der Waals surface area contributed by atoms with Gasteiger partial charge in [0, 0.05) is 5.69 Å². The summed E-state index contributed by atoms with van der Waals surface area (Å²) in [5.74, 6) is -2.60. The third-order valence-electron chi connectivity index (χ3n) is 3.94. The summed E-state index contributed by atoms with van der Waals surface area (Å²) in [6.07, 6.45) is -4.45. The first-order chi connectivity index (χ1) is 12.6. The Balaban J connectivity index is 1.63. The summed E-state index contributed by atoms with van der Waals surface area (Å²) >= 11 is 0. The maximum Gasteiger partial charge on any atom is 0.433 e. The van der Waals surface area contributed by atoms with Gasteiger partial charge >= 0.3 is 6.18 Å². The fraction of sp³-hybridized carbons (Fsp3) is 0.375. The Bertz CT molecular complexity index is 909. The third-order valence-corrected chi connectivity index (χ3v) is 3.94. The Morgan fingerprint density at radius 2 is 1.67 bits per heavy atom. The van der Waals surface area contributed by atoms with Crippen molar-refractivity contribution < 1.29 is 27.2 Å². The van der Waals surface area contributed by atoms with Crippen molar-refractivity contribution in [2.45, 2.75) is 38.5 Å². The maximum absolute atomic E-state index is 13.7. The van der Waals surface area contributed by atoms with Gasteiger partial charge in [0.05, 0.1) is 12.1 Å². The summed E-state index contributed by atoms with van der Waals surface area (Å²) in [4.78, 5) is 33.6. The molecule has 1 aliphatic rings. The number of amides is 2. The van der Waals surface area contributed by atoms with Gasteiger partial charge in [-0.25, -0.2) is 14.4 Å². The van der Waals surface area contributed by atoms with Gasteiger partial charge in [0.15, 0.2) is 22.9 Å². The van der Waals surface area contributed by atoms with E-state index in [4.69, 9.17) is 0 Å². The molecule has 2 amide bonds. The number of nitrogens with one attached hydrogen (secondary N) is 3. The van der Waals surface area contributed by atoms with Gasteiger partial charge in [0.25, 0.3) is 11.8 Å². The van der Waals surface area contributed by atoms with Crippen molar-refractivity contribution in [2.75, 3.05) is 0 Å². The molecule has 1 saturated carbocycles. The van der Waals surface area contributed by atoms with E-state index in [0.29, 0.717) is 12.1 Å². The highest BCUT2D eigenvalue weighted by Gasteiger charge is 2.43. The molecule has 3 rings (SSSR count). The fourth-order valence-corrected chi connectivity index (χ4v) is 2.55. The zero-order chi connectivity index (χ0) is 19.9. The highest BCUT2D eigenvalue weighted by atomic mass is 19.4. The molecular weight excluding hydrogens is 370 g/mol. The van der Waals surface area contributed by atoms with Gasteiger partial charge in [-0.05, 0) is 32.4 Å². The molecule has 2 atom stereocenters. The van der Waals surface area contributed by atoms with Crippen LogP contribution in [-0.2, 0) is 6.18 Å². The van der Waals surface area contributed by atoms with E-state index in [1.54, 1.807) is 6.92 Å². The summed E-state index contributed by atoms with van der Waals surface area (Å²) in [6.45, 7) is 2.90. The second-order valence-corrected chi connectivity index (χ2v) is 6.22. The number of carbonyl (C=O) groups is 2. The number of hydrogen-bond donors (Lipinski definition) is 3. The second kappa shape index (κ2) is 6.63. The van der Waals surface area contributed by atoms with Crippen molar-refractivity contribution >= 4 is 11.8 Å². The lowest BCUT2D eigenvalue weighted by molar-refractivity contribution is -0.141. The van der Waals surface area contributed by atoms with Crippen LogP contribution in [0.1, 0.15) is 44.6 Å². The van der Waals surface area contributed by atoms with Crippen LogP contribution in [0.4, 0.5) is 17.6 Å². The predicted octanol–water partition coefficient (Wildman–Crippen LogP) is 1.88. The van der Waals surface area contributed by atoms with E-state index in [0.717, 1.165) is 6.07 Å². The molecule has 0 aromatic carbocycles. The lowest BCUT2D eigenvalue weighted by Gasteiger charge is -2.08. The Kier molecular flexibility index (Phi) is 4.62. The molecule has 27 heavy (non-hydrogen) atoms. The summed E-state index contributed by atoms with van der Waals surface area (Å²) < 4.78 is 52.5. The van der Waals surface area contributed by atoms with Gasteiger partial charge in [-0.1, -0.05) is 0 Å². The average Bonchev–Trinajstić information content (AvgIpc) is 3.13. The highest BCUT2D eigenvalue weighted by molar-refractivity contribution is 5.95. The van der Waals surface area contributed by atoms with Crippen LogP contribution in [0.25, 0.3) is 0 Å². The summed E-state index contributed by atoms with van der Waals surface area (Å²) in [5, 5.41) is 4.87. The number of imidazole rings is 1. The number of carbonyl (C=O) groups excluding carboxylic acids is 2. The number of aryl methyl sites for hydroxylation is 2. The lowest BCUT2D eigenvalue weighted by Crippen LogP contribution is -2.36. The van der Waals surface area contributed by atoms with Gasteiger partial charge < -0.3 is 15.6 Å². The second-order valence-electron chi connectivity index (χ2n) is 6.22. The molecule has 0 saturated heterocycles. The summed E-state index contributed by atoms with van der Waals surface area (Å²) in [5.41, 5.74) is -1.92. The number of aromatic nitrogens is 3. The largest absolute Gasteiger partial charge is 0.433 e. The van der Waals surface area contributed by atoms with Crippen LogP contribution in [0.5, 0.6) is 0 Å². The van der Waals surface area contributed by atoms with Gasteiger partial charge in [0.1, 0.15) is 5.82 Å². The van der Waals surface area contributed by atoms with Gasteiger partial charge in [-0.3, -0.25) is 9.59 Å². The van der Waals surface area contributed by atoms with E-state index in [-0.39, 0.29) is 11.5 Å². The van der Waals surface area contributed by atoms with Crippen molar-refractivity contribution in [1.82, 2.24) is 25.6 Å². The van der Waals surface area contributed by atoms with Crippen LogP contribution in [0, 0.1) is 19.7 Å². The molecule has 144 valence electrons. The molecule has 0 radical (unpaired) electrons.